The Morgan fingerprint density at radius 1 is 1.09 bits per heavy atom. The molecule has 1 heterocycles. The number of rotatable bonds is 3. The summed E-state index contributed by atoms with van der Waals surface area (Å²) in [5, 5.41) is 8.81. The van der Waals surface area contributed by atoms with E-state index >= 15 is 0 Å². The number of hydrogen-bond donors (Lipinski definition) is 2. The molecular weight excluding hydrogens is 307 g/mol. The maximum atomic E-state index is 13.4. The van der Waals surface area contributed by atoms with Crippen molar-refractivity contribution in [3.63, 3.8) is 0 Å². The number of benzene rings is 2. The maximum absolute atomic E-state index is 13.4. The SMILES string of the molecule is O=C(Nc1ccccc1-c1cc(F)c(F)c(F)c1)c1cn[nH]c1. The van der Waals surface area contributed by atoms with E-state index in [0.29, 0.717) is 16.8 Å². The molecule has 0 atom stereocenters. The van der Waals surface area contributed by atoms with E-state index in [9.17, 15) is 18.0 Å². The van der Waals surface area contributed by atoms with Crippen molar-refractivity contribution in [2.75, 3.05) is 5.32 Å². The van der Waals surface area contributed by atoms with Crippen LogP contribution in [0.3, 0.4) is 0 Å². The number of nitrogens with zero attached hydrogens (tertiary/aromatic N) is 1. The molecule has 0 saturated heterocycles. The molecule has 7 heteroatoms. The number of para-hydroxylation sites is 1. The topological polar surface area (TPSA) is 57.8 Å². The fourth-order valence-electron chi connectivity index (χ4n) is 2.12. The molecule has 0 unspecified atom stereocenters. The highest BCUT2D eigenvalue weighted by atomic mass is 19.2. The highest BCUT2D eigenvalue weighted by Gasteiger charge is 2.15. The molecular formula is C16H10F3N3O. The first kappa shape index (κ1) is 14.8. The number of nitrogens with one attached hydrogen (secondary N) is 2. The van der Waals surface area contributed by atoms with E-state index in [4.69, 9.17) is 0 Å². The molecule has 0 aliphatic heterocycles. The summed E-state index contributed by atoms with van der Waals surface area (Å²) < 4.78 is 39.9. The quantitative estimate of drug-likeness (QED) is 0.723. The molecule has 0 aliphatic rings. The highest BCUT2D eigenvalue weighted by Crippen LogP contribution is 2.30. The lowest BCUT2D eigenvalue weighted by Gasteiger charge is -2.11. The van der Waals surface area contributed by atoms with Crippen molar-refractivity contribution in [1.29, 1.82) is 0 Å². The van der Waals surface area contributed by atoms with E-state index in [0.717, 1.165) is 12.1 Å². The summed E-state index contributed by atoms with van der Waals surface area (Å²) in [5.41, 5.74) is 1.12. The molecule has 1 aromatic heterocycles. The van der Waals surface area contributed by atoms with Crippen LogP contribution in [0.5, 0.6) is 0 Å². The molecule has 116 valence electrons. The average molecular weight is 317 g/mol. The monoisotopic (exact) mass is 317 g/mol. The molecule has 0 radical (unpaired) electrons. The molecule has 0 spiro atoms. The van der Waals surface area contributed by atoms with Gasteiger partial charge in [0.25, 0.3) is 5.91 Å². The Morgan fingerprint density at radius 3 is 2.43 bits per heavy atom. The second-order valence-corrected chi connectivity index (χ2v) is 4.74. The van der Waals surface area contributed by atoms with Crippen molar-refractivity contribution in [3.05, 3.63) is 71.8 Å². The van der Waals surface area contributed by atoms with Gasteiger partial charge in [-0.05, 0) is 23.8 Å². The van der Waals surface area contributed by atoms with Gasteiger partial charge >= 0.3 is 0 Å². The van der Waals surface area contributed by atoms with Crippen molar-refractivity contribution >= 4 is 11.6 Å². The normalized spacial score (nSPS) is 10.6. The average Bonchev–Trinajstić information content (AvgIpc) is 3.07. The summed E-state index contributed by atoms with van der Waals surface area (Å²) in [5.74, 6) is -4.56. The number of carbonyl (C=O) groups excluding carboxylic acids is 1. The summed E-state index contributed by atoms with van der Waals surface area (Å²) in [6.45, 7) is 0. The van der Waals surface area contributed by atoms with E-state index in [2.05, 4.69) is 15.5 Å². The number of carbonyl (C=O) groups is 1. The molecule has 3 rings (SSSR count). The van der Waals surface area contributed by atoms with Gasteiger partial charge in [0.1, 0.15) is 0 Å². The van der Waals surface area contributed by atoms with Crippen LogP contribution in [0.1, 0.15) is 10.4 Å². The standard InChI is InChI=1S/C16H10F3N3O/c17-12-5-9(6-13(18)15(12)19)11-3-1-2-4-14(11)22-16(23)10-7-20-21-8-10/h1-8H,(H,20,21)(H,22,23). The molecule has 2 aromatic carbocycles. The Bertz CT molecular complexity index is 840. The van der Waals surface area contributed by atoms with Gasteiger partial charge in [0.05, 0.1) is 11.8 Å². The smallest absolute Gasteiger partial charge is 0.258 e. The molecule has 0 aliphatic carbocycles. The predicted molar refractivity (Wildman–Crippen MR) is 78.3 cm³/mol. The Morgan fingerprint density at radius 2 is 1.78 bits per heavy atom. The Labute approximate surface area is 129 Å². The lowest BCUT2D eigenvalue weighted by Crippen LogP contribution is -2.11. The third-order valence-corrected chi connectivity index (χ3v) is 3.23. The van der Waals surface area contributed by atoms with Gasteiger partial charge in [-0.2, -0.15) is 5.10 Å². The summed E-state index contributed by atoms with van der Waals surface area (Å²) in [6.07, 6.45) is 2.75. The van der Waals surface area contributed by atoms with Gasteiger partial charge in [-0.3, -0.25) is 9.89 Å². The van der Waals surface area contributed by atoms with Crippen molar-refractivity contribution in [2.45, 2.75) is 0 Å². The van der Waals surface area contributed by atoms with Crippen LogP contribution >= 0.6 is 0 Å². The molecule has 4 nitrogen and oxygen atoms in total. The highest BCUT2D eigenvalue weighted by molar-refractivity contribution is 6.05. The minimum atomic E-state index is -1.53. The van der Waals surface area contributed by atoms with Crippen LogP contribution in [0.4, 0.5) is 18.9 Å². The van der Waals surface area contributed by atoms with E-state index in [1.54, 1.807) is 24.3 Å². The molecule has 23 heavy (non-hydrogen) atoms. The maximum Gasteiger partial charge on any atom is 0.258 e. The number of H-pyrrole nitrogens is 1. The third kappa shape index (κ3) is 2.94. The van der Waals surface area contributed by atoms with Crippen molar-refractivity contribution in [1.82, 2.24) is 10.2 Å². The molecule has 0 bridgehead atoms. The largest absolute Gasteiger partial charge is 0.321 e. The van der Waals surface area contributed by atoms with Crippen LogP contribution < -0.4 is 5.32 Å². The summed E-state index contributed by atoms with van der Waals surface area (Å²) in [6, 6.07) is 8.19. The number of aromatic nitrogens is 2. The van der Waals surface area contributed by atoms with E-state index in [1.807, 2.05) is 0 Å². The minimum Gasteiger partial charge on any atom is -0.321 e. The van der Waals surface area contributed by atoms with Crippen LogP contribution in [0.2, 0.25) is 0 Å². The first-order valence-electron chi connectivity index (χ1n) is 6.60. The number of amides is 1. The zero-order valence-electron chi connectivity index (χ0n) is 11.6. The summed E-state index contributed by atoms with van der Waals surface area (Å²) >= 11 is 0. The number of aromatic amines is 1. The zero-order valence-corrected chi connectivity index (χ0v) is 11.6. The lowest BCUT2D eigenvalue weighted by atomic mass is 10.0. The molecule has 0 saturated carbocycles. The number of anilines is 1. The predicted octanol–water partition coefficient (Wildman–Crippen LogP) is 3.75. The Balaban J connectivity index is 2.00. The first-order chi connectivity index (χ1) is 11.1. The second-order valence-electron chi connectivity index (χ2n) is 4.74. The van der Waals surface area contributed by atoms with Crippen molar-refractivity contribution < 1.29 is 18.0 Å². The fourth-order valence-corrected chi connectivity index (χ4v) is 2.12. The number of hydrogen-bond acceptors (Lipinski definition) is 2. The first-order valence-corrected chi connectivity index (χ1v) is 6.60. The molecule has 3 aromatic rings. The van der Waals surface area contributed by atoms with Crippen LogP contribution in [-0.4, -0.2) is 16.1 Å². The van der Waals surface area contributed by atoms with E-state index in [-0.39, 0.29) is 5.56 Å². The molecule has 2 N–H and O–H groups in total. The van der Waals surface area contributed by atoms with Crippen LogP contribution in [0.25, 0.3) is 11.1 Å². The van der Waals surface area contributed by atoms with Crippen molar-refractivity contribution in [3.8, 4) is 11.1 Å². The van der Waals surface area contributed by atoms with Crippen LogP contribution in [0.15, 0.2) is 48.8 Å². The van der Waals surface area contributed by atoms with Crippen LogP contribution in [0, 0.1) is 17.5 Å². The summed E-state index contributed by atoms with van der Waals surface area (Å²) in [7, 11) is 0. The minimum absolute atomic E-state index is 0.115. The molecule has 1 amide bonds. The summed E-state index contributed by atoms with van der Waals surface area (Å²) in [4.78, 5) is 12.1. The van der Waals surface area contributed by atoms with E-state index in [1.165, 1.54) is 12.4 Å². The van der Waals surface area contributed by atoms with Crippen molar-refractivity contribution in [2.24, 2.45) is 0 Å². The Kier molecular flexibility index (Phi) is 3.84. The fraction of sp³-hybridized carbons (Fsp3) is 0. The second kappa shape index (κ2) is 5.96. The van der Waals surface area contributed by atoms with Gasteiger partial charge in [0.2, 0.25) is 0 Å². The van der Waals surface area contributed by atoms with Gasteiger partial charge in [-0.1, -0.05) is 18.2 Å². The van der Waals surface area contributed by atoms with Gasteiger partial charge in [-0.25, -0.2) is 13.2 Å². The van der Waals surface area contributed by atoms with Gasteiger partial charge in [0, 0.05) is 17.4 Å². The van der Waals surface area contributed by atoms with Crippen LogP contribution in [-0.2, 0) is 0 Å². The molecule has 0 fully saturated rings. The third-order valence-electron chi connectivity index (χ3n) is 3.23. The zero-order chi connectivity index (χ0) is 16.4. The Hall–Kier alpha value is -3.09. The lowest BCUT2D eigenvalue weighted by molar-refractivity contribution is 0.102. The van der Waals surface area contributed by atoms with Gasteiger partial charge < -0.3 is 5.32 Å². The van der Waals surface area contributed by atoms with Gasteiger partial charge in [-0.15, -0.1) is 0 Å². The van der Waals surface area contributed by atoms with Gasteiger partial charge in [0.15, 0.2) is 17.5 Å². The number of halogens is 3. The van der Waals surface area contributed by atoms with E-state index < -0.39 is 23.4 Å².